The van der Waals surface area contributed by atoms with Gasteiger partial charge in [0.25, 0.3) is 0 Å². The first-order valence-electron chi connectivity index (χ1n) is 9.11. The van der Waals surface area contributed by atoms with Gasteiger partial charge in [-0.25, -0.2) is 0 Å². The largest absolute Gasteiger partial charge is 0.392 e. The van der Waals surface area contributed by atoms with Gasteiger partial charge in [-0.3, -0.25) is 9.97 Å². The summed E-state index contributed by atoms with van der Waals surface area (Å²) in [6.07, 6.45) is 11.0. The van der Waals surface area contributed by atoms with Crippen LogP contribution < -0.4 is 0 Å². The lowest BCUT2D eigenvalue weighted by Gasteiger charge is -2.21. The number of aryl methyl sites for hydroxylation is 3. The van der Waals surface area contributed by atoms with E-state index in [2.05, 4.69) is 43.3 Å². The molecule has 4 heteroatoms. The normalized spacial score (nSPS) is 17.4. The molecule has 1 aliphatic rings. The van der Waals surface area contributed by atoms with E-state index in [0.29, 0.717) is 5.92 Å². The quantitative estimate of drug-likeness (QED) is 0.650. The molecule has 1 unspecified atom stereocenters. The Kier molecular flexibility index (Phi) is 9.91. The molecule has 0 saturated carbocycles. The minimum absolute atomic E-state index is 0.122. The average molecular weight is 407 g/mol. The van der Waals surface area contributed by atoms with Crippen LogP contribution in [0.5, 0.6) is 0 Å². The summed E-state index contributed by atoms with van der Waals surface area (Å²) in [6, 6.07) is 0. The standard InChI is InChI=1S/C12H18N2.C9H13BrO/c1-4-10-9(3)13-12-8(2)6-5-7-11(12)14-10;1-3-5-9(10)6-8(4-2)7-11/h8H,4-7H2,1-3H3;3,5-6,11H,1,4,7H2,2H3/b;8-6-,9-5+. The van der Waals surface area contributed by atoms with E-state index in [-0.39, 0.29) is 6.61 Å². The SMILES string of the molecule is C=C/C=C(Br)\C=C(\CC)CO.CCc1nc2c(nc1C)C(C)CCC2. The van der Waals surface area contributed by atoms with Crippen LogP contribution in [-0.2, 0) is 12.8 Å². The predicted molar refractivity (Wildman–Crippen MR) is 110 cm³/mol. The van der Waals surface area contributed by atoms with Gasteiger partial charge in [0, 0.05) is 10.4 Å². The number of aliphatic hydroxyl groups is 1. The Bertz CT molecular complexity index is 629. The highest BCUT2D eigenvalue weighted by molar-refractivity contribution is 9.11. The van der Waals surface area contributed by atoms with Crippen molar-refractivity contribution in [2.45, 2.75) is 65.7 Å². The molecule has 1 heterocycles. The van der Waals surface area contributed by atoms with Crippen LogP contribution in [0.15, 0.2) is 34.9 Å². The van der Waals surface area contributed by atoms with E-state index in [0.717, 1.165) is 35.0 Å². The lowest BCUT2D eigenvalue weighted by molar-refractivity contribution is 0.327. The summed E-state index contributed by atoms with van der Waals surface area (Å²) < 4.78 is 0.943. The fraction of sp³-hybridized carbons (Fsp3) is 0.524. The second-order valence-electron chi connectivity index (χ2n) is 6.34. The number of rotatable bonds is 5. The fourth-order valence-electron chi connectivity index (χ4n) is 2.85. The lowest BCUT2D eigenvalue weighted by Crippen LogP contribution is -2.14. The van der Waals surface area contributed by atoms with E-state index in [9.17, 15) is 0 Å². The first kappa shape index (κ1) is 21.8. The smallest absolute Gasteiger partial charge is 0.0650 e. The van der Waals surface area contributed by atoms with Gasteiger partial charge in [-0.2, -0.15) is 0 Å². The van der Waals surface area contributed by atoms with Crippen LogP contribution in [0.1, 0.15) is 68.7 Å². The minimum atomic E-state index is 0.122. The second kappa shape index (κ2) is 11.4. The predicted octanol–water partition coefficient (Wildman–Crippen LogP) is 5.57. The maximum absolute atomic E-state index is 8.80. The molecule has 3 nitrogen and oxygen atoms in total. The summed E-state index contributed by atoms with van der Waals surface area (Å²) in [4.78, 5) is 9.42. The molecule has 0 fully saturated rings. The first-order chi connectivity index (χ1) is 12.0. The van der Waals surface area contributed by atoms with E-state index in [1.165, 1.54) is 29.9 Å². The molecule has 1 aromatic rings. The van der Waals surface area contributed by atoms with Crippen molar-refractivity contribution in [3.8, 4) is 0 Å². The van der Waals surface area contributed by atoms with Gasteiger partial charge < -0.3 is 5.11 Å². The van der Waals surface area contributed by atoms with Crippen LogP contribution in [0.4, 0.5) is 0 Å². The number of aliphatic hydroxyl groups excluding tert-OH is 1. The third kappa shape index (κ3) is 6.87. The van der Waals surface area contributed by atoms with Crippen molar-refractivity contribution >= 4 is 15.9 Å². The molecule has 1 N–H and O–H groups in total. The van der Waals surface area contributed by atoms with Crippen molar-refractivity contribution in [2.24, 2.45) is 0 Å². The number of fused-ring (bicyclic) bond motifs is 1. The van der Waals surface area contributed by atoms with Crippen LogP contribution in [0, 0.1) is 6.92 Å². The van der Waals surface area contributed by atoms with E-state index in [1.807, 2.05) is 19.1 Å². The molecule has 0 spiro atoms. The summed E-state index contributed by atoms with van der Waals surface area (Å²) in [7, 11) is 0. The van der Waals surface area contributed by atoms with Gasteiger partial charge >= 0.3 is 0 Å². The van der Waals surface area contributed by atoms with E-state index in [4.69, 9.17) is 15.1 Å². The van der Waals surface area contributed by atoms with Crippen molar-refractivity contribution in [3.63, 3.8) is 0 Å². The molecule has 0 aliphatic heterocycles. The van der Waals surface area contributed by atoms with Gasteiger partial charge in [-0.05, 0) is 56.8 Å². The molecule has 0 amide bonds. The zero-order valence-electron chi connectivity index (χ0n) is 16.0. The highest BCUT2D eigenvalue weighted by Gasteiger charge is 2.20. The molecule has 1 atom stereocenters. The van der Waals surface area contributed by atoms with Crippen LogP contribution >= 0.6 is 15.9 Å². The molecule has 1 aliphatic carbocycles. The van der Waals surface area contributed by atoms with E-state index in [1.54, 1.807) is 6.08 Å². The Hall–Kier alpha value is -1.26. The Morgan fingerprint density at radius 2 is 2.08 bits per heavy atom. The number of allylic oxidation sites excluding steroid dienone is 4. The monoisotopic (exact) mass is 406 g/mol. The van der Waals surface area contributed by atoms with Crippen molar-refractivity contribution in [1.29, 1.82) is 0 Å². The van der Waals surface area contributed by atoms with E-state index >= 15 is 0 Å². The Morgan fingerprint density at radius 1 is 1.36 bits per heavy atom. The Balaban J connectivity index is 0.000000260. The van der Waals surface area contributed by atoms with E-state index < -0.39 is 0 Å². The zero-order valence-corrected chi connectivity index (χ0v) is 17.6. The Labute approximate surface area is 161 Å². The summed E-state index contributed by atoms with van der Waals surface area (Å²) in [5.41, 5.74) is 5.82. The molecule has 0 bridgehead atoms. The van der Waals surface area contributed by atoms with Gasteiger partial charge in [0.1, 0.15) is 0 Å². The highest BCUT2D eigenvalue weighted by atomic mass is 79.9. The molecule has 2 rings (SSSR count). The van der Waals surface area contributed by atoms with Crippen LogP contribution in [0.3, 0.4) is 0 Å². The molecule has 25 heavy (non-hydrogen) atoms. The fourth-order valence-corrected chi connectivity index (χ4v) is 3.36. The van der Waals surface area contributed by atoms with Crippen molar-refractivity contribution in [1.82, 2.24) is 9.97 Å². The number of aromatic nitrogens is 2. The van der Waals surface area contributed by atoms with Gasteiger partial charge in [-0.15, -0.1) is 0 Å². The van der Waals surface area contributed by atoms with Crippen LogP contribution in [0.25, 0.3) is 0 Å². The van der Waals surface area contributed by atoms with Gasteiger partial charge in [0.05, 0.1) is 29.4 Å². The maximum atomic E-state index is 8.80. The number of halogens is 1. The lowest BCUT2D eigenvalue weighted by atomic mass is 9.90. The molecule has 0 saturated heterocycles. The number of hydrogen-bond donors (Lipinski definition) is 1. The molecular formula is C21H31BrN2O. The zero-order chi connectivity index (χ0) is 18.8. The average Bonchev–Trinajstić information content (AvgIpc) is 2.61. The summed E-state index contributed by atoms with van der Waals surface area (Å²) >= 11 is 3.32. The van der Waals surface area contributed by atoms with Crippen LogP contribution in [0.2, 0.25) is 0 Å². The Morgan fingerprint density at radius 3 is 2.64 bits per heavy atom. The summed E-state index contributed by atoms with van der Waals surface area (Å²) in [5.74, 6) is 0.607. The van der Waals surface area contributed by atoms with Gasteiger partial charge in [0.15, 0.2) is 0 Å². The minimum Gasteiger partial charge on any atom is -0.392 e. The summed E-state index contributed by atoms with van der Waals surface area (Å²) in [5, 5.41) is 8.80. The van der Waals surface area contributed by atoms with Crippen molar-refractivity contribution < 1.29 is 5.11 Å². The molecule has 138 valence electrons. The van der Waals surface area contributed by atoms with Crippen molar-refractivity contribution in [3.05, 3.63) is 57.6 Å². The summed E-state index contributed by atoms with van der Waals surface area (Å²) in [6.45, 7) is 12.2. The van der Waals surface area contributed by atoms with Crippen LogP contribution in [-0.4, -0.2) is 21.7 Å². The topological polar surface area (TPSA) is 46.0 Å². The molecular weight excluding hydrogens is 376 g/mol. The number of hydrogen-bond acceptors (Lipinski definition) is 3. The highest BCUT2D eigenvalue weighted by Crippen LogP contribution is 2.29. The maximum Gasteiger partial charge on any atom is 0.0650 e. The third-order valence-corrected chi connectivity index (χ3v) is 4.89. The first-order valence-corrected chi connectivity index (χ1v) is 9.90. The van der Waals surface area contributed by atoms with Crippen molar-refractivity contribution in [2.75, 3.05) is 6.61 Å². The molecule has 0 radical (unpaired) electrons. The van der Waals surface area contributed by atoms with Gasteiger partial charge in [-0.1, -0.05) is 49.4 Å². The molecule has 0 aromatic carbocycles. The number of nitrogens with zero attached hydrogens (tertiary/aromatic N) is 2. The second-order valence-corrected chi connectivity index (χ2v) is 7.25. The molecule has 1 aromatic heterocycles. The third-order valence-electron chi connectivity index (χ3n) is 4.40. The van der Waals surface area contributed by atoms with Gasteiger partial charge in [0.2, 0.25) is 0 Å².